The highest BCUT2D eigenvalue weighted by Crippen LogP contribution is 2.35. The fourth-order valence-corrected chi connectivity index (χ4v) is 3.96. The first-order valence-corrected chi connectivity index (χ1v) is 8.47. The van der Waals surface area contributed by atoms with E-state index in [9.17, 15) is 9.59 Å². The number of fused-ring (bicyclic) bond motifs is 1. The highest BCUT2D eigenvalue weighted by Gasteiger charge is 2.30. The van der Waals surface area contributed by atoms with E-state index in [-0.39, 0.29) is 18.5 Å². The molecule has 1 aromatic heterocycles. The fraction of sp³-hybridized carbons (Fsp3) is 0.438. The van der Waals surface area contributed by atoms with Gasteiger partial charge in [0.15, 0.2) is 0 Å². The SMILES string of the molecule is COC(=O)NCC(=O)N1CCCCC1c1nc2ccccc2s1. The molecule has 0 spiro atoms. The van der Waals surface area contributed by atoms with Crippen molar-refractivity contribution in [3.8, 4) is 0 Å². The van der Waals surface area contributed by atoms with Crippen LogP contribution >= 0.6 is 11.3 Å². The molecule has 2 amide bonds. The van der Waals surface area contributed by atoms with Gasteiger partial charge in [0.1, 0.15) is 11.6 Å². The summed E-state index contributed by atoms with van der Waals surface area (Å²) in [5.41, 5.74) is 0.971. The van der Waals surface area contributed by atoms with Gasteiger partial charge in [-0.2, -0.15) is 0 Å². The summed E-state index contributed by atoms with van der Waals surface area (Å²) in [7, 11) is 1.28. The van der Waals surface area contributed by atoms with Gasteiger partial charge in [0.25, 0.3) is 0 Å². The molecule has 2 aromatic rings. The van der Waals surface area contributed by atoms with E-state index in [1.54, 1.807) is 11.3 Å². The number of alkyl carbamates (subject to hydrolysis) is 1. The van der Waals surface area contributed by atoms with Crippen molar-refractivity contribution in [3.63, 3.8) is 0 Å². The Bertz CT molecular complexity index is 682. The van der Waals surface area contributed by atoms with Crippen molar-refractivity contribution < 1.29 is 14.3 Å². The molecule has 7 heteroatoms. The second kappa shape index (κ2) is 6.95. The lowest BCUT2D eigenvalue weighted by molar-refractivity contribution is -0.134. The number of likely N-dealkylation sites (tertiary alicyclic amines) is 1. The number of para-hydroxylation sites is 1. The molecule has 6 nitrogen and oxygen atoms in total. The number of carbonyl (C=O) groups is 2. The molecule has 1 fully saturated rings. The highest BCUT2D eigenvalue weighted by molar-refractivity contribution is 7.18. The summed E-state index contributed by atoms with van der Waals surface area (Å²) in [5, 5.41) is 3.43. The molecule has 1 N–H and O–H groups in total. The molecule has 0 aliphatic carbocycles. The fourth-order valence-electron chi connectivity index (χ4n) is 2.84. The minimum Gasteiger partial charge on any atom is -0.453 e. The predicted molar refractivity (Wildman–Crippen MR) is 88.3 cm³/mol. The van der Waals surface area contributed by atoms with Crippen molar-refractivity contribution in [2.75, 3.05) is 20.2 Å². The van der Waals surface area contributed by atoms with Crippen molar-refractivity contribution in [1.82, 2.24) is 15.2 Å². The smallest absolute Gasteiger partial charge is 0.407 e. The van der Waals surface area contributed by atoms with E-state index in [1.807, 2.05) is 29.2 Å². The summed E-state index contributed by atoms with van der Waals surface area (Å²) in [6.07, 6.45) is 2.37. The maximum atomic E-state index is 12.4. The summed E-state index contributed by atoms with van der Waals surface area (Å²) in [5.74, 6) is -0.0978. The molecular formula is C16H19N3O3S. The van der Waals surface area contributed by atoms with Crippen LogP contribution in [0.5, 0.6) is 0 Å². The second-order valence-electron chi connectivity index (χ2n) is 5.46. The predicted octanol–water partition coefficient (Wildman–Crippen LogP) is 2.71. The van der Waals surface area contributed by atoms with Gasteiger partial charge >= 0.3 is 6.09 Å². The minimum atomic E-state index is -0.591. The second-order valence-corrected chi connectivity index (χ2v) is 6.53. The van der Waals surface area contributed by atoms with E-state index in [4.69, 9.17) is 4.98 Å². The summed E-state index contributed by atoms with van der Waals surface area (Å²) in [4.78, 5) is 30.1. The molecule has 1 aliphatic rings. The summed E-state index contributed by atoms with van der Waals surface area (Å²) in [6.45, 7) is 0.649. The largest absolute Gasteiger partial charge is 0.453 e. The lowest BCUT2D eigenvalue weighted by Gasteiger charge is -2.34. The van der Waals surface area contributed by atoms with Crippen LogP contribution in [0, 0.1) is 0 Å². The van der Waals surface area contributed by atoms with E-state index in [0.29, 0.717) is 6.54 Å². The van der Waals surface area contributed by atoms with Gasteiger partial charge in [0.2, 0.25) is 5.91 Å². The van der Waals surface area contributed by atoms with E-state index < -0.39 is 6.09 Å². The van der Waals surface area contributed by atoms with Gasteiger partial charge in [-0.15, -0.1) is 11.3 Å². The standard InChI is InChI=1S/C16H19N3O3S/c1-22-16(21)17-10-14(20)19-9-5-4-7-12(19)15-18-11-6-2-3-8-13(11)23-15/h2-3,6,8,12H,4-5,7,9-10H2,1H3,(H,17,21). The maximum absolute atomic E-state index is 12.4. The molecule has 3 rings (SSSR count). The summed E-state index contributed by atoms with van der Waals surface area (Å²) in [6, 6.07) is 7.99. The molecule has 1 saturated heterocycles. The van der Waals surface area contributed by atoms with Crippen molar-refractivity contribution in [3.05, 3.63) is 29.3 Å². The zero-order valence-corrected chi connectivity index (χ0v) is 13.8. The minimum absolute atomic E-state index is 0.00639. The van der Waals surface area contributed by atoms with Gasteiger partial charge < -0.3 is 15.0 Å². The molecule has 0 bridgehead atoms. The van der Waals surface area contributed by atoms with Crippen LogP contribution < -0.4 is 5.32 Å². The Hall–Kier alpha value is -2.15. The summed E-state index contributed by atoms with van der Waals surface area (Å²) >= 11 is 1.64. The lowest BCUT2D eigenvalue weighted by Crippen LogP contribution is -2.44. The first kappa shape index (κ1) is 15.7. The number of amides is 2. The van der Waals surface area contributed by atoms with E-state index >= 15 is 0 Å². The monoisotopic (exact) mass is 333 g/mol. The maximum Gasteiger partial charge on any atom is 0.407 e. The van der Waals surface area contributed by atoms with Crippen LogP contribution in [0.25, 0.3) is 10.2 Å². The van der Waals surface area contributed by atoms with Gasteiger partial charge in [0.05, 0.1) is 23.4 Å². The number of rotatable bonds is 3. The normalized spacial score (nSPS) is 18.0. The number of hydrogen-bond donors (Lipinski definition) is 1. The Morgan fingerprint density at radius 2 is 2.22 bits per heavy atom. The molecule has 122 valence electrons. The highest BCUT2D eigenvalue weighted by atomic mass is 32.1. The number of benzene rings is 1. The first-order chi connectivity index (χ1) is 11.2. The van der Waals surface area contributed by atoms with Gasteiger partial charge in [0, 0.05) is 6.54 Å². The Morgan fingerprint density at radius 1 is 1.39 bits per heavy atom. The zero-order chi connectivity index (χ0) is 16.2. The molecule has 0 saturated carbocycles. The number of methoxy groups -OCH3 is 1. The summed E-state index contributed by atoms with van der Waals surface area (Å²) < 4.78 is 5.64. The lowest BCUT2D eigenvalue weighted by atomic mass is 10.0. The Morgan fingerprint density at radius 3 is 3.00 bits per heavy atom. The van der Waals surface area contributed by atoms with Crippen molar-refractivity contribution >= 4 is 33.6 Å². The molecule has 1 unspecified atom stereocenters. The van der Waals surface area contributed by atoms with Gasteiger partial charge in [-0.1, -0.05) is 12.1 Å². The van der Waals surface area contributed by atoms with Gasteiger partial charge in [-0.05, 0) is 31.4 Å². The van der Waals surface area contributed by atoms with Gasteiger partial charge in [-0.25, -0.2) is 9.78 Å². The molecule has 2 heterocycles. The molecular weight excluding hydrogens is 314 g/mol. The quantitative estimate of drug-likeness (QED) is 0.937. The van der Waals surface area contributed by atoms with Crippen molar-refractivity contribution in [1.29, 1.82) is 0 Å². The van der Waals surface area contributed by atoms with E-state index in [1.165, 1.54) is 7.11 Å². The Balaban J connectivity index is 1.78. The number of ether oxygens (including phenoxy) is 1. The molecule has 23 heavy (non-hydrogen) atoms. The number of nitrogens with one attached hydrogen (secondary N) is 1. The number of piperidine rings is 1. The van der Waals surface area contributed by atoms with Crippen molar-refractivity contribution in [2.24, 2.45) is 0 Å². The van der Waals surface area contributed by atoms with Crippen LogP contribution in [-0.4, -0.2) is 42.1 Å². The van der Waals surface area contributed by atoms with Crippen LogP contribution in [-0.2, 0) is 9.53 Å². The molecule has 1 atom stereocenters. The number of thiazole rings is 1. The van der Waals surface area contributed by atoms with E-state index in [0.717, 1.165) is 34.5 Å². The number of aromatic nitrogens is 1. The van der Waals surface area contributed by atoms with Crippen LogP contribution in [0.3, 0.4) is 0 Å². The zero-order valence-electron chi connectivity index (χ0n) is 12.9. The van der Waals surface area contributed by atoms with E-state index in [2.05, 4.69) is 10.1 Å². The number of hydrogen-bond acceptors (Lipinski definition) is 5. The first-order valence-electron chi connectivity index (χ1n) is 7.66. The third-order valence-electron chi connectivity index (χ3n) is 3.99. The number of carbonyl (C=O) groups excluding carboxylic acids is 2. The molecule has 0 radical (unpaired) electrons. The third-order valence-corrected chi connectivity index (χ3v) is 5.13. The van der Waals surface area contributed by atoms with Crippen molar-refractivity contribution in [2.45, 2.75) is 25.3 Å². The Kier molecular flexibility index (Phi) is 4.76. The Labute approximate surface area is 138 Å². The van der Waals surface area contributed by atoms with Crippen LogP contribution in [0.15, 0.2) is 24.3 Å². The van der Waals surface area contributed by atoms with Crippen LogP contribution in [0.1, 0.15) is 30.3 Å². The number of nitrogens with zero attached hydrogens (tertiary/aromatic N) is 2. The average molecular weight is 333 g/mol. The average Bonchev–Trinajstić information content (AvgIpc) is 3.03. The topological polar surface area (TPSA) is 71.5 Å². The van der Waals surface area contributed by atoms with Gasteiger partial charge in [-0.3, -0.25) is 4.79 Å². The van der Waals surface area contributed by atoms with Crippen LogP contribution in [0.2, 0.25) is 0 Å². The molecule has 1 aromatic carbocycles. The third kappa shape index (κ3) is 3.44. The molecule has 1 aliphatic heterocycles. The van der Waals surface area contributed by atoms with Crippen LogP contribution in [0.4, 0.5) is 4.79 Å².